The summed E-state index contributed by atoms with van der Waals surface area (Å²) in [5.74, 6) is 2.79. The number of aryl methyl sites for hydroxylation is 1. The second-order valence-corrected chi connectivity index (χ2v) is 10.4. The number of nitrogens with zero attached hydrogens (tertiary/aromatic N) is 5. The summed E-state index contributed by atoms with van der Waals surface area (Å²) in [5.41, 5.74) is -0.396. The maximum atomic E-state index is 13.4. The van der Waals surface area contributed by atoms with Crippen molar-refractivity contribution in [2.24, 2.45) is 11.3 Å². The van der Waals surface area contributed by atoms with Crippen LogP contribution in [0, 0.1) is 11.3 Å². The third kappa shape index (κ3) is 4.40. The minimum atomic E-state index is -0.396. The van der Waals surface area contributed by atoms with Crippen LogP contribution in [0.25, 0.3) is 0 Å². The van der Waals surface area contributed by atoms with Crippen molar-refractivity contribution in [1.82, 2.24) is 24.6 Å². The van der Waals surface area contributed by atoms with Gasteiger partial charge in [-0.15, -0.1) is 10.2 Å². The second-order valence-electron chi connectivity index (χ2n) is 10.4. The SMILES string of the molecule is CC(C)(C)C(=O)N1CCCC(C(=O)N2CCCC(c3nnc4n3CCCCC4)C2)C1. The van der Waals surface area contributed by atoms with Gasteiger partial charge in [0, 0.05) is 50.5 Å². The Kier molecular flexibility index (Phi) is 6.16. The van der Waals surface area contributed by atoms with Gasteiger partial charge in [0.25, 0.3) is 0 Å². The predicted molar refractivity (Wildman–Crippen MR) is 115 cm³/mol. The molecule has 4 heterocycles. The van der Waals surface area contributed by atoms with Crippen molar-refractivity contribution < 1.29 is 9.59 Å². The van der Waals surface area contributed by atoms with E-state index in [-0.39, 0.29) is 23.7 Å². The van der Waals surface area contributed by atoms with Crippen LogP contribution < -0.4 is 0 Å². The Hall–Kier alpha value is -1.92. The number of rotatable bonds is 2. The van der Waals surface area contributed by atoms with Gasteiger partial charge >= 0.3 is 0 Å². The summed E-state index contributed by atoms with van der Waals surface area (Å²) >= 11 is 0. The maximum absolute atomic E-state index is 13.4. The molecule has 7 heteroatoms. The Bertz CT molecular complexity index is 781. The highest BCUT2D eigenvalue weighted by molar-refractivity contribution is 5.84. The Labute approximate surface area is 180 Å². The third-order valence-electron chi connectivity index (χ3n) is 6.94. The van der Waals surface area contributed by atoms with Crippen molar-refractivity contribution in [3.63, 3.8) is 0 Å². The molecule has 2 amide bonds. The van der Waals surface area contributed by atoms with E-state index in [0.717, 1.165) is 69.9 Å². The largest absolute Gasteiger partial charge is 0.342 e. The average Bonchev–Trinajstić information content (AvgIpc) is 3.00. The predicted octanol–water partition coefficient (Wildman–Crippen LogP) is 3.00. The molecule has 7 nitrogen and oxygen atoms in total. The van der Waals surface area contributed by atoms with E-state index in [2.05, 4.69) is 14.8 Å². The monoisotopic (exact) mass is 415 g/mol. The van der Waals surface area contributed by atoms with E-state index in [1.54, 1.807) is 0 Å². The number of aromatic nitrogens is 3. The molecule has 4 rings (SSSR count). The van der Waals surface area contributed by atoms with Crippen LogP contribution in [-0.4, -0.2) is 62.6 Å². The van der Waals surface area contributed by atoms with Crippen molar-refractivity contribution in [1.29, 1.82) is 0 Å². The quantitative estimate of drug-likeness (QED) is 0.744. The summed E-state index contributed by atoms with van der Waals surface area (Å²) in [6.45, 7) is 9.77. The molecule has 3 aliphatic heterocycles. The lowest BCUT2D eigenvalue weighted by Gasteiger charge is -2.39. The Morgan fingerprint density at radius 3 is 2.43 bits per heavy atom. The van der Waals surface area contributed by atoms with Crippen LogP contribution in [-0.2, 0) is 22.6 Å². The number of amides is 2. The number of fused-ring (bicyclic) bond motifs is 1. The van der Waals surface area contributed by atoms with E-state index in [1.165, 1.54) is 19.3 Å². The van der Waals surface area contributed by atoms with Crippen LogP contribution in [0.3, 0.4) is 0 Å². The highest BCUT2D eigenvalue weighted by atomic mass is 16.2. The molecule has 0 saturated carbocycles. The van der Waals surface area contributed by atoms with Crippen LogP contribution >= 0.6 is 0 Å². The Morgan fingerprint density at radius 1 is 0.867 bits per heavy atom. The number of hydrogen-bond donors (Lipinski definition) is 0. The van der Waals surface area contributed by atoms with Crippen molar-refractivity contribution in [3.05, 3.63) is 11.6 Å². The first-order valence-electron chi connectivity index (χ1n) is 11.8. The fraction of sp³-hybridized carbons (Fsp3) is 0.826. The number of piperidine rings is 2. The molecule has 2 unspecified atom stereocenters. The van der Waals surface area contributed by atoms with Gasteiger partial charge in [0.05, 0.1) is 5.92 Å². The summed E-state index contributed by atoms with van der Waals surface area (Å²) < 4.78 is 2.33. The van der Waals surface area contributed by atoms with Crippen LogP contribution in [0.15, 0.2) is 0 Å². The van der Waals surface area contributed by atoms with Gasteiger partial charge in [-0.2, -0.15) is 0 Å². The number of carbonyl (C=O) groups excluding carboxylic acids is 2. The highest BCUT2D eigenvalue weighted by Gasteiger charge is 2.37. The Balaban J connectivity index is 1.43. The minimum absolute atomic E-state index is 0.0701. The third-order valence-corrected chi connectivity index (χ3v) is 6.94. The van der Waals surface area contributed by atoms with E-state index in [4.69, 9.17) is 0 Å². The van der Waals surface area contributed by atoms with Crippen molar-refractivity contribution in [2.75, 3.05) is 26.2 Å². The zero-order valence-corrected chi connectivity index (χ0v) is 18.9. The van der Waals surface area contributed by atoms with Gasteiger partial charge in [0.15, 0.2) is 0 Å². The van der Waals surface area contributed by atoms with Gasteiger partial charge in [-0.1, -0.05) is 27.2 Å². The van der Waals surface area contributed by atoms with Gasteiger partial charge < -0.3 is 14.4 Å². The van der Waals surface area contributed by atoms with Crippen LogP contribution in [0.2, 0.25) is 0 Å². The van der Waals surface area contributed by atoms with Gasteiger partial charge in [0.1, 0.15) is 11.6 Å². The highest BCUT2D eigenvalue weighted by Crippen LogP contribution is 2.30. The average molecular weight is 416 g/mol. The van der Waals surface area contributed by atoms with E-state index in [0.29, 0.717) is 6.54 Å². The molecular weight excluding hydrogens is 378 g/mol. The van der Waals surface area contributed by atoms with Crippen LogP contribution in [0.5, 0.6) is 0 Å². The topological polar surface area (TPSA) is 71.3 Å². The number of hydrogen-bond acceptors (Lipinski definition) is 4. The number of likely N-dealkylation sites (tertiary alicyclic amines) is 2. The minimum Gasteiger partial charge on any atom is -0.342 e. The molecule has 0 bridgehead atoms. The normalized spacial score (nSPS) is 25.6. The first-order valence-corrected chi connectivity index (χ1v) is 11.8. The molecule has 3 aliphatic rings. The van der Waals surface area contributed by atoms with Crippen molar-refractivity contribution >= 4 is 11.8 Å². The molecule has 0 N–H and O–H groups in total. The van der Waals surface area contributed by atoms with E-state index in [1.807, 2.05) is 30.6 Å². The van der Waals surface area contributed by atoms with Crippen LogP contribution in [0.1, 0.15) is 83.3 Å². The van der Waals surface area contributed by atoms with Gasteiger partial charge in [-0.3, -0.25) is 9.59 Å². The summed E-state index contributed by atoms with van der Waals surface area (Å²) in [5, 5.41) is 9.02. The lowest BCUT2D eigenvalue weighted by atomic mass is 9.89. The molecule has 0 radical (unpaired) electrons. The zero-order chi connectivity index (χ0) is 21.3. The summed E-state index contributed by atoms with van der Waals surface area (Å²) in [6.07, 6.45) is 8.52. The van der Waals surface area contributed by atoms with Gasteiger partial charge in [0.2, 0.25) is 11.8 Å². The first-order chi connectivity index (χ1) is 14.3. The molecule has 0 aromatic carbocycles. The van der Waals surface area contributed by atoms with Gasteiger partial charge in [-0.25, -0.2) is 0 Å². The summed E-state index contributed by atoms with van der Waals surface area (Å²) in [7, 11) is 0. The molecule has 1 aromatic heterocycles. The van der Waals surface area contributed by atoms with E-state index in [9.17, 15) is 9.59 Å². The van der Waals surface area contributed by atoms with Gasteiger partial charge in [-0.05, 0) is 38.5 Å². The first kappa shape index (κ1) is 21.3. The molecular formula is C23H37N5O2. The molecule has 0 aliphatic carbocycles. The fourth-order valence-electron chi connectivity index (χ4n) is 5.29. The molecule has 2 saturated heterocycles. The van der Waals surface area contributed by atoms with E-state index >= 15 is 0 Å². The Morgan fingerprint density at radius 2 is 1.63 bits per heavy atom. The molecule has 30 heavy (non-hydrogen) atoms. The zero-order valence-electron chi connectivity index (χ0n) is 18.9. The molecule has 2 atom stereocenters. The molecule has 1 aromatic rings. The second kappa shape index (κ2) is 8.67. The summed E-state index contributed by atoms with van der Waals surface area (Å²) in [4.78, 5) is 30.0. The molecule has 2 fully saturated rings. The lowest BCUT2D eigenvalue weighted by molar-refractivity contribution is -0.145. The molecule has 166 valence electrons. The van der Waals surface area contributed by atoms with Crippen LogP contribution in [0.4, 0.5) is 0 Å². The smallest absolute Gasteiger partial charge is 0.227 e. The lowest BCUT2D eigenvalue weighted by Crippen LogP contribution is -2.51. The van der Waals surface area contributed by atoms with Crippen molar-refractivity contribution in [2.45, 2.75) is 84.6 Å². The summed E-state index contributed by atoms with van der Waals surface area (Å²) in [6, 6.07) is 0. The molecule has 0 spiro atoms. The van der Waals surface area contributed by atoms with E-state index < -0.39 is 5.41 Å². The van der Waals surface area contributed by atoms with Crippen molar-refractivity contribution in [3.8, 4) is 0 Å². The maximum Gasteiger partial charge on any atom is 0.227 e. The fourth-order valence-corrected chi connectivity index (χ4v) is 5.29. The number of carbonyl (C=O) groups is 2. The standard InChI is InChI=1S/C23H37N5O2/c1-23(2,3)22(30)27-13-8-10-18(16-27)21(29)26-12-7-9-17(15-26)20-25-24-19-11-5-4-6-14-28(19)20/h17-18H,4-16H2,1-3H3.